The highest BCUT2D eigenvalue weighted by Gasteiger charge is 2.61. The third-order valence-corrected chi connectivity index (χ3v) is 9.28. The Hall–Kier alpha value is -2.20. The van der Waals surface area contributed by atoms with Gasteiger partial charge >= 0.3 is 0 Å². The van der Waals surface area contributed by atoms with Gasteiger partial charge in [-0.25, -0.2) is 4.99 Å². The van der Waals surface area contributed by atoms with Gasteiger partial charge in [0.15, 0.2) is 17.9 Å². The van der Waals surface area contributed by atoms with Crippen molar-refractivity contribution in [2.45, 2.75) is 111 Å². The van der Waals surface area contributed by atoms with Crippen LogP contribution in [0.5, 0.6) is 0 Å². The summed E-state index contributed by atoms with van der Waals surface area (Å²) in [6.07, 6.45) is -4.75. The van der Waals surface area contributed by atoms with E-state index in [0.29, 0.717) is 12.2 Å². The molecule has 2 saturated carbocycles. The van der Waals surface area contributed by atoms with Crippen LogP contribution < -0.4 is 44.2 Å². The van der Waals surface area contributed by atoms with Crippen LogP contribution in [0, 0.1) is 0 Å². The number of carbonyl (C=O) groups excluding carboxylic acids is 1. The summed E-state index contributed by atoms with van der Waals surface area (Å²) in [4.78, 5) is 17.1. The molecule has 13 atom stereocenters. The van der Waals surface area contributed by atoms with Gasteiger partial charge in [0.2, 0.25) is 6.29 Å². The SMILES string of the molecule is CN[C@@H]1[C@@H](O)[C@@H](O[C@H]2[C@H](NC(=O)C3(O)CC3N=C(N)N)C[C@H](N)C(O[C@H]3OC(CN)=CC[C@H]3NC3CNC3)[C@@H]2O)OC[C@]1(C)O. The summed E-state index contributed by atoms with van der Waals surface area (Å²) in [5.41, 5.74) is 20.0. The molecule has 0 aromatic carbocycles. The number of ether oxygens (including phenoxy) is 4. The number of rotatable bonds is 11. The third kappa shape index (κ3) is 7.21. The quantitative estimate of drug-likeness (QED) is 0.0736. The zero-order valence-corrected chi connectivity index (χ0v) is 25.5. The number of hydrogen-bond donors (Lipinski definition) is 12. The largest absolute Gasteiger partial charge is 0.467 e. The first kappa shape index (κ1) is 34.1. The van der Waals surface area contributed by atoms with Crippen LogP contribution in [0.2, 0.25) is 0 Å². The van der Waals surface area contributed by atoms with E-state index >= 15 is 0 Å². The molecule has 16 N–H and O–H groups in total. The topological polar surface area (TPSA) is 299 Å². The van der Waals surface area contributed by atoms with Crippen LogP contribution >= 0.6 is 0 Å². The number of nitrogens with two attached hydrogens (primary N) is 4. The molecule has 3 unspecified atom stereocenters. The van der Waals surface area contributed by atoms with Gasteiger partial charge in [-0.15, -0.1) is 0 Å². The zero-order chi connectivity index (χ0) is 32.7. The van der Waals surface area contributed by atoms with E-state index in [-0.39, 0.29) is 44.0 Å². The normalized spacial score (nSPS) is 45.1. The summed E-state index contributed by atoms with van der Waals surface area (Å²) in [5.74, 6) is -0.501. The van der Waals surface area contributed by atoms with Crippen LogP contribution in [0.3, 0.4) is 0 Å². The van der Waals surface area contributed by atoms with Crippen molar-refractivity contribution in [3.05, 3.63) is 11.8 Å². The molecule has 2 aliphatic carbocycles. The number of hydrogen-bond acceptors (Lipinski definition) is 15. The molecule has 256 valence electrons. The number of nitrogens with zero attached hydrogens (tertiary/aromatic N) is 1. The number of aliphatic hydroxyl groups excluding tert-OH is 2. The van der Waals surface area contributed by atoms with Crippen LogP contribution in [0.1, 0.15) is 26.2 Å². The highest BCUT2D eigenvalue weighted by Crippen LogP contribution is 2.40. The van der Waals surface area contributed by atoms with E-state index in [1.54, 1.807) is 7.05 Å². The Labute approximate surface area is 261 Å². The van der Waals surface area contributed by atoms with Gasteiger partial charge in [-0.3, -0.25) is 4.79 Å². The molecule has 18 nitrogen and oxygen atoms in total. The summed E-state index contributed by atoms with van der Waals surface area (Å²) in [6, 6.07) is -3.49. The Bertz CT molecular complexity index is 1120. The highest BCUT2D eigenvalue weighted by atomic mass is 16.7. The van der Waals surface area contributed by atoms with E-state index in [1.165, 1.54) is 6.92 Å². The molecule has 5 rings (SSSR count). The first-order valence-corrected chi connectivity index (χ1v) is 15.4. The lowest BCUT2D eigenvalue weighted by Gasteiger charge is -2.49. The summed E-state index contributed by atoms with van der Waals surface area (Å²) in [5, 5.41) is 56.7. The molecule has 3 heterocycles. The number of nitrogens with one attached hydrogen (secondary N) is 4. The van der Waals surface area contributed by atoms with Gasteiger partial charge in [-0.05, 0) is 32.9 Å². The predicted molar refractivity (Wildman–Crippen MR) is 159 cm³/mol. The van der Waals surface area contributed by atoms with Gasteiger partial charge in [0.25, 0.3) is 5.91 Å². The molecule has 3 aliphatic heterocycles. The molecule has 0 aromatic rings. The van der Waals surface area contributed by atoms with Crippen LogP contribution in [0.25, 0.3) is 0 Å². The summed E-state index contributed by atoms with van der Waals surface area (Å²) in [7, 11) is 1.58. The molecule has 5 aliphatic rings. The Morgan fingerprint density at radius 2 is 1.87 bits per heavy atom. The fourth-order valence-corrected chi connectivity index (χ4v) is 6.48. The van der Waals surface area contributed by atoms with Gasteiger partial charge in [0.1, 0.15) is 35.8 Å². The molecule has 0 bridgehead atoms. The number of amides is 1. The number of likely N-dealkylation sites (N-methyl/N-ethyl adjacent to an activating group) is 1. The number of carbonyl (C=O) groups is 1. The Morgan fingerprint density at radius 1 is 1.16 bits per heavy atom. The monoisotopic (exact) mass is 643 g/mol. The van der Waals surface area contributed by atoms with Crippen molar-refractivity contribution in [2.24, 2.45) is 27.9 Å². The van der Waals surface area contributed by atoms with Crippen molar-refractivity contribution in [3.63, 3.8) is 0 Å². The average molecular weight is 644 g/mol. The minimum atomic E-state index is -1.86. The van der Waals surface area contributed by atoms with E-state index in [0.717, 1.165) is 13.1 Å². The molecule has 2 saturated heterocycles. The van der Waals surface area contributed by atoms with Crippen molar-refractivity contribution < 1.29 is 44.2 Å². The second-order valence-corrected chi connectivity index (χ2v) is 12.9. The average Bonchev–Trinajstić information content (AvgIpc) is 3.61. The standard InChI is InChI=1S/C27H49N9O9/c1-26(40)10-42-23(18(38)21(26)32-2)45-20-15(35-24(39)27(41)6-16(27)36-25(30)31)5-13(29)19(17(20)37)44-22-14(34-11-8-33-9-11)4-3-12(7-28)43-22/h3,11,13-23,32-34,37-38,40-41H,4-10,28-29H2,1-2H3,(H,35,39)(H4,30,31,36)/t13-,14+,15+,16?,17-,18+,19?,20-,21+,22+,23+,26-,27?/m0/s1. The summed E-state index contributed by atoms with van der Waals surface area (Å²) >= 11 is 0. The molecule has 45 heavy (non-hydrogen) atoms. The lowest BCUT2D eigenvalue weighted by Crippen LogP contribution is -2.70. The van der Waals surface area contributed by atoms with Crippen LogP contribution in [0.4, 0.5) is 0 Å². The van der Waals surface area contributed by atoms with Gasteiger partial charge in [0, 0.05) is 31.6 Å². The Morgan fingerprint density at radius 3 is 2.49 bits per heavy atom. The molecular weight excluding hydrogens is 594 g/mol. The second-order valence-electron chi connectivity index (χ2n) is 12.9. The Kier molecular flexibility index (Phi) is 10.2. The lowest BCUT2D eigenvalue weighted by atomic mass is 9.83. The van der Waals surface area contributed by atoms with Crippen LogP contribution in [0.15, 0.2) is 16.8 Å². The molecule has 0 aromatic heterocycles. The predicted octanol–water partition coefficient (Wildman–Crippen LogP) is -6.31. The van der Waals surface area contributed by atoms with E-state index < -0.39 is 78.3 Å². The molecular formula is C27H49N9O9. The van der Waals surface area contributed by atoms with Crippen LogP contribution in [-0.4, -0.2) is 150 Å². The van der Waals surface area contributed by atoms with Crippen molar-refractivity contribution in [3.8, 4) is 0 Å². The maximum Gasteiger partial charge on any atom is 0.254 e. The minimum absolute atomic E-state index is 0.000379. The molecule has 1 amide bonds. The number of guanidine groups is 1. The number of aliphatic hydroxyl groups is 4. The molecule has 18 heteroatoms. The van der Waals surface area contributed by atoms with Gasteiger partial charge in [-0.2, -0.15) is 0 Å². The van der Waals surface area contributed by atoms with Crippen LogP contribution in [-0.2, 0) is 23.7 Å². The van der Waals surface area contributed by atoms with E-state index in [1.807, 2.05) is 6.08 Å². The fourth-order valence-electron chi connectivity index (χ4n) is 6.48. The van der Waals surface area contributed by atoms with Crippen molar-refractivity contribution >= 4 is 11.9 Å². The minimum Gasteiger partial charge on any atom is -0.467 e. The first-order chi connectivity index (χ1) is 21.3. The first-order valence-electron chi connectivity index (χ1n) is 15.4. The van der Waals surface area contributed by atoms with Gasteiger partial charge in [-0.1, -0.05) is 0 Å². The molecule has 0 radical (unpaired) electrons. The highest BCUT2D eigenvalue weighted by molar-refractivity contribution is 5.90. The summed E-state index contributed by atoms with van der Waals surface area (Å²) < 4.78 is 24.3. The smallest absolute Gasteiger partial charge is 0.254 e. The van der Waals surface area contributed by atoms with E-state index in [9.17, 15) is 25.2 Å². The Balaban J connectivity index is 1.36. The van der Waals surface area contributed by atoms with Gasteiger partial charge in [0.05, 0.1) is 37.3 Å². The maximum atomic E-state index is 13.2. The van der Waals surface area contributed by atoms with Crippen molar-refractivity contribution in [2.75, 3.05) is 33.3 Å². The van der Waals surface area contributed by atoms with E-state index in [4.69, 9.17) is 41.9 Å². The summed E-state index contributed by atoms with van der Waals surface area (Å²) in [6.45, 7) is 3.07. The third-order valence-electron chi connectivity index (χ3n) is 9.28. The van der Waals surface area contributed by atoms with Crippen molar-refractivity contribution in [1.82, 2.24) is 21.3 Å². The van der Waals surface area contributed by atoms with E-state index in [2.05, 4.69) is 26.3 Å². The number of aliphatic imine (C=N–C) groups is 1. The molecule has 0 spiro atoms. The maximum absolute atomic E-state index is 13.2. The zero-order valence-electron chi connectivity index (χ0n) is 25.5. The van der Waals surface area contributed by atoms with Gasteiger partial charge < -0.3 is 83.6 Å². The molecule has 4 fully saturated rings. The lowest BCUT2D eigenvalue weighted by molar-refractivity contribution is -0.304. The second kappa shape index (κ2) is 13.5. The fraction of sp³-hybridized carbons (Fsp3) is 0.852. The van der Waals surface area contributed by atoms with Crippen molar-refractivity contribution in [1.29, 1.82) is 0 Å².